The third-order valence-corrected chi connectivity index (χ3v) is 2.09. The van der Waals surface area contributed by atoms with Crippen molar-refractivity contribution in [2.45, 2.75) is 32.9 Å². The Morgan fingerprint density at radius 2 is 1.79 bits per heavy atom. The van der Waals surface area contributed by atoms with E-state index in [1.165, 1.54) is 13.8 Å². The van der Waals surface area contributed by atoms with Crippen LogP contribution in [0.3, 0.4) is 0 Å². The first-order valence-corrected chi connectivity index (χ1v) is 4.67. The van der Waals surface area contributed by atoms with Crippen molar-refractivity contribution >= 4 is 5.78 Å². The normalized spacial score (nSPS) is 11.4. The first-order valence-electron chi connectivity index (χ1n) is 4.67. The standard InChI is InChI=1S/C12H15FO/c1-9(14)8-10-4-6-11(7-5-10)12(2,3)13/h4-7H,8H2,1-3H3. The predicted molar refractivity (Wildman–Crippen MR) is 55.0 cm³/mol. The zero-order valence-electron chi connectivity index (χ0n) is 8.80. The van der Waals surface area contributed by atoms with Gasteiger partial charge < -0.3 is 0 Å². The van der Waals surface area contributed by atoms with Crippen LogP contribution in [-0.2, 0) is 16.9 Å². The van der Waals surface area contributed by atoms with Crippen molar-refractivity contribution in [1.82, 2.24) is 0 Å². The Labute approximate surface area is 83.9 Å². The molecular formula is C12H15FO. The van der Waals surface area contributed by atoms with Crippen molar-refractivity contribution in [3.05, 3.63) is 35.4 Å². The van der Waals surface area contributed by atoms with Gasteiger partial charge in [0.2, 0.25) is 0 Å². The maximum absolute atomic E-state index is 13.4. The lowest BCUT2D eigenvalue weighted by atomic mass is 9.98. The van der Waals surface area contributed by atoms with E-state index in [1.807, 2.05) is 0 Å². The molecule has 1 aromatic carbocycles. The Balaban J connectivity index is 2.84. The smallest absolute Gasteiger partial charge is 0.134 e. The van der Waals surface area contributed by atoms with Gasteiger partial charge in [-0.1, -0.05) is 24.3 Å². The molecule has 0 heterocycles. The Bertz CT molecular complexity index is 319. The average molecular weight is 194 g/mol. The molecule has 0 aliphatic heterocycles. The molecule has 2 heteroatoms. The molecule has 0 unspecified atom stereocenters. The number of carbonyl (C=O) groups excluding carboxylic acids is 1. The lowest BCUT2D eigenvalue weighted by molar-refractivity contribution is -0.116. The zero-order valence-corrected chi connectivity index (χ0v) is 8.80. The summed E-state index contributed by atoms with van der Waals surface area (Å²) in [5.41, 5.74) is 0.268. The summed E-state index contributed by atoms with van der Waals surface area (Å²) in [4.78, 5) is 10.8. The van der Waals surface area contributed by atoms with Gasteiger partial charge in [-0.2, -0.15) is 0 Å². The van der Waals surface area contributed by atoms with Crippen molar-refractivity contribution in [1.29, 1.82) is 0 Å². The van der Waals surface area contributed by atoms with Crippen LogP contribution < -0.4 is 0 Å². The molecule has 0 radical (unpaired) electrons. The highest BCUT2D eigenvalue weighted by molar-refractivity contribution is 5.78. The van der Waals surface area contributed by atoms with Crippen LogP contribution in [0.1, 0.15) is 31.9 Å². The van der Waals surface area contributed by atoms with Gasteiger partial charge in [-0.3, -0.25) is 4.79 Å². The van der Waals surface area contributed by atoms with E-state index in [0.717, 1.165) is 5.56 Å². The summed E-state index contributed by atoms with van der Waals surface area (Å²) in [5.74, 6) is 0.122. The molecule has 0 aliphatic rings. The van der Waals surface area contributed by atoms with Gasteiger partial charge in [-0.25, -0.2) is 4.39 Å². The Hall–Kier alpha value is -1.18. The summed E-state index contributed by atoms with van der Waals surface area (Å²) >= 11 is 0. The van der Waals surface area contributed by atoms with Crippen molar-refractivity contribution in [2.24, 2.45) is 0 Å². The van der Waals surface area contributed by atoms with Crippen molar-refractivity contribution in [3.8, 4) is 0 Å². The number of Topliss-reactive ketones (excluding diaryl/α,β-unsaturated/α-hetero) is 1. The predicted octanol–water partition coefficient (Wildman–Crippen LogP) is 3.02. The quantitative estimate of drug-likeness (QED) is 0.722. The van der Waals surface area contributed by atoms with E-state index in [9.17, 15) is 9.18 Å². The van der Waals surface area contributed by atoms with E-state index >= 15 is 0 Å². The largest absolute Gasteiger partial charge is 0.300 e. The number of ketones is 1. The molecule has 1 rings (SSSR count). The molecule has 0 aliphatic carbocycles. The van der Waals surface area contributed by atoms with E-state index in [1.54, 1.807) is 31.2 Å². The third kappa shape index (κ3) is 2.95. The Morgan fingerprint density at radius 3 is 2.14 bits per heavy atom. The second kappa shape index (κ2) is 3.91. The zero-order chi connectivity index (χ0) is 10.8. The van der Waals surface area contributed by atoms with Crippen LogP contribution in [0.4, 0.5) is 4.39 Å². The molecule has 76 valence electrons. The second-order valence-corrected chi connectivity index (χ2v) is 4.05. The minimum absolute atomic E-state index is 0.122. The number of rotatable bonds is 3. The summed E-state index contributed by atoms with van der Waals surface area (Å²) in [7, 11) is 0. The van der Waals surface area contributed by atoms with Gasteiger partial charge >= 0.3 is 0 Å². The third-order valence-electron chi connectivity index (χ3n) is 2.09. The second-order valence-electron chi connectivity index (χ2n) is 4.05. The van der Waals surface area contributed by atoms with Crippen molar-refractivity contribution in [2.75, 3.05) is 0 Å². The Kier molecular flexibility index (Phi) is 3.04. The van der Waals surface area contributed by atoms with E-state index in [4.69, 9.17) is 0 Å². The van der Waals surface area contributed by atoms with Crippen LogP contribution >= 0.6 is 0 Å². The topological polar surface area (TPSA) is 17.1 Å². The molecule has 1 aromatic rings. The molecule has 0 saturated heterocycles. The summed E-state index contributed by atoms with van der Waals surface area (Å²) in [6.07, 6.45) is 0.424. The van der Waals surface area contributed by atoms with Crippen molar-refractivity contribution in [3.63, 3.8) is 0 Å². The number of benzene rings is 1. The number of hydrogen-bond acceptors (Lipinski definition) is 1. The lowest BCUT2D eigenvalue weighted by Crippen LogP contribution is -2.08. The SMILES string of the molecule is CC(=O)Cc1ccc(C(C)(C)F)cc1. The molecule has 14 heavy (non-hydrogen) atoms. The monoisotopic (exact) mass is 194 g/mol. The minimum Gasteiger partial charge on any atom is -0.300 e. The Morgan fingerprint density at radius 1 is 1.29 bits per heavy atom. The first kappa shape index (κ1) is 10.9. The fourth-order valence-corrected chi connectivity index (χ4v) is 1.31. The van der Waals surface area contributed by atoms with Crippen LogP contribution in [0.25, 0.3) is 0 Å². The molecule has 0 atom stereocenters. The van der Waals surface area contributed by atoms with Gasteiger partial charge in [0.05, 0.1) is 0 Å². The maximum Gasteiger partial charge on any atom is 0.134 e. The summed E-state index contributed by atoms with van der Waals surface area (Å²) in [6.45, 7) is 4.59. The van der Waals surface area contributed by atoms with E-state index < -0.39 is 5.67 Å². The first-order chi connectivity index (χ1) is 6.39. The average Bonchev–Trinajstić information content (AvgIpc) is 2.02. The van der Waals surface area contributed by atoms with Gasteiger partial charge in [0.15, 0.2) is 0 Å². The van der Waals surface area contributed by atoms with Crippen LogP contribution in [0.15, 0.2) is 24.3 Å². The van der Waals surface area contributed by atoms with E-state index in [2.05, 4.69) is 0 Å². The summed E-state index contributed by atoms with van der Waals surface area (Å²) in [6, 6.07) is 7.08. The van der Waals surface area contributed by atoms with Crippen molar-refractivity contribution < 1.29 is 9.18 Å². The number of carbonyl (C=O) groups is 1. The van der Waals surface area contributed by atoms with Crippen LogP contribution in [0.2, 0.25) is 0 Å². The number of halogens is 1. The van der Waals surface area contributed by atoms with Gasteiger partial charge in [0.1, 0.15) is 11.5 Å². The molecule has 0 saturated carbocycles. The van der Waals surface area contributed by atoms with Gasteiger partial charge in [0, 0.05) is 6.42 Å². The molecule has 0 fully saturated rings. The lowest BCUT2D eigenvalue weighted by Gasteiger charge is -2.14. The van der Waals surface area contributed by atoms with Gasteiger partial charge in [-0.05, 0) is 31.9 Å². The highest BCUT2D eigenvalue weighted by atomic mass is 19.1. The molecule has 0 spiro atoms. The highest BCUT2D eigenvalue weighted by Crippen LogP contribution is 2.24. The van der Waals surface area contributed by atoms with E-state index in [-0.39, 0.29) is 5.78 Å². The molecular weight excluding hydrogens is 179 g/mol. The molecule has 1 nitrogen and oxygen atoms in total. The van der Waals surface area contributed by atoms with Gasteiger partial charge in [0.25, 0.3) is 0 Å². The maximum atomic E-state index is 13.4. The summed E-state index contributed by atoms with van der Waals surface area (Å²) < 4.78 is 13.4. The fourth-order valence-electron chi connectivity index (χ4n) is 1.31. The van der Waals surface area contributed by atoms with Crippen LogP contribution in [0.5, 0.6) is 0 Å². The molecule has 0 N–H and O–H groups in total. The minimum atomic E-state index is -1.31. The van der Waals surface area contributed by atoms with Crippen LogP contribution in [-0.4, -0.2) is 5.78 Å². The van der Waals surface area contributed by atoms with Gasteiger partial charge in [-0.15, -0.1) is 0 Å². The fraction of sp³-hybridized carbons (Fsp3) is 0.417. The van der Waals surface area contributed by atoms with Crippen LogP contribution in [0, 0.1) is 0 Å². The number of hydrogen-bond donors (Lipinski definition) is 0. The number of alkyl halides is 1. The molecule has 0 bridgehead atoms. The highest BCUT2D eigenvalue weighted by Gasteiger charge is 2.17. The summed E-state index contributed by atoms with van der Waals surface area (Å²) in [5, 5.41) is 0. The molecule has 0 amide bonds. The molecule has 0 aromatic heterocycles. The van der Waals surface area contributed by atoms with E-state index in [0.29, 0.717) is 12.0 Å².